The average Bonchev–Trinajstić information content (AvgIpc) is 2.98. The molecule has 1 saturated heterocycles. The first-order chi connectivity index (χ1) is 10.1. The minimum Gasteiger partial charge on any atom is -0.454 e. The fourth-order valence-corrected chi connectivity index (χ4v) is 2.89. The minimum atomic E-state index is -3.25. The Kier molecular flexibility index (Phi) is 5.44. The molecule has 1 aromatic carbocycles. The average molecular weight is 337 g/mol. The summed E-state index contributed by atoms with van der Waals surface area (Å²) in [4.78, 5) is 1.68. The third-order valence-corrected chi connectivity index (χ3v) is 3.85. The van der Waals surface area contributed by atoms with Gasteiger partial charge in [0.15, 0.2) is 11.5 Å². The minimum absolute atomic E-state index is 0. The molecular formula is C14H19ClF2N2O3. The highest BCUT2D eigenvalue weighted by atomic mass is 35.5. The molecule has 2 N–H and O–H groups in total. The lowest BCUT2D eigenvalue weighted by Gasteiger charge is -2.38. The maximum Gasteiger partial charge on any atom is 0.290 e. The molecule has 0 aliphatic carbocycles. The summed E-state index contributed by atoms with van der Waals surface area (Å²) in [6.45, 7) is 1.10. The van der Waals surface area contributed by atoms with Crippen LogP contribution in [0.3, 0.4) is 0 Å². The third kappa shape index (κ3) is 3.12. The van der Waals surface area contributed by atoms with Crippen molar-refractivity contribution in [1.29, 1.82) is 0 Å². The molecule has 2 heterocycles. The Bertz CT molecular complexity index is 513. The van der Waals surface area contributed by atoms with Crippen LogP contribution in [0.15, 0.2) is 18.2 Å². The van der Waals surface area contributed by atoms with E-state index in [1.54, 1.807) is 23.1 Å². The van der Waals surface area contributed by atoms with Crippen molar-refractivity contribution in [3.63, 3.8) is 0 Å². The fraction of sp³-hybridized carbons (Fsp3) is 0.571. The largest absolute Gasteiger partial charge is 0.454 e. The molecular weight excluding hydrogens is 318 g/mol. The fourth-order valence-electron chi connectivity index (χ4n) is 2.89. The summed E-state index contributed by atoms with van der Waals surface area (Å²) >= 11 is 0. The summed E-state index contributed by atoms with van der Waals surface area (Å²) < 4.78 is 39.3. The SMILES string of the molecule is Cl.OCC(F)(F)[C@H](c1cccc2c1OCO2)N1CCNCC1. The summed E-state index contributed by atoms with van der Waals surface area (Å²) in [6.07, 6.45) is 0. The number of nitrogens with one attached hydrogen (secondary N) is 1. The van der Waals surface area contributed by atoms with E-state index in [-0.39, 0.29) is 19.2 Å². The van der Waals surface area contributed by atoms with E-state index >= 15 is 0 Å². The van der Waals surface area contributed by atoms with E-state index in [1.165, 1.54) is 0 Å². The molecule has 1 aromatic rings. The van der Waals surface area contributed by atoms with Crippen LogP contribution in [0, 0.1) is 0 Å². The third-order valence-electron chi connectivity index (χ3n) is 3.85. The number of alkyl halides is 2. The Balaban J connectivity index is 0.00000176. The van der Waals surface area contributed by atoms with Crippen LogP contribution in [-0.4, -0.2) is 55.5 Å². The zero-order valence-corrected chi connectivity index (χ0v) is 12.7. The van der Waals surface area contributed by atoms with Gasteiger partial charge in [0.1, 0.15) is 12.6 Å². The van der Waals surface area contributed by atoms with Crippen LogP contribution < -0.4 is 14.8 Å². The van der Waals surface area contributed by atoms with Crippen LogP contribution in [0.25, 0.3) is 0 Å². The number of aliphatic hydroxyl groups excluding tert-OH is 1. The van der Waals surface area contributed by atoms with Crippen LogP contribution >= 0.6 is 12.4 Å². The Morgan fingerprint density at radius 3 is 2.68 bits per heavy atom. The Hall–Kier alpha value is -1.15. The van der Waals surface area contributed by atoms with Gasteiger partial charge >= 0.3 is 0 Å². The number of piperazine rings is 1. The topological polar surface area (TPSA) is 54.0 Å². The van der Waals surface area contributed by atoms with Gasteiger partial charge < -0.3 is 19.9 Å². The lowest BCUT2D eigenvalue weighted by Crippen LogP contribution is -2.51. The van der Waals surface area contributed by atoms with Gasteiger partial charge in [-0.2, -0.15) is 0 Å². The summed E-state index contributed by atoms with van der Waals surface area (Å²) in [6, 6.07) is 3.76. The smallest absolute Gasteiger partial charge is 0.290 e. The van der Waals surface area contributed by atoms with Gasteiger partial charge in [0.2, 0.25) is 6.79 Å². The van der Waals surface area contributed by atoms with Crippen LogP contribution in [0.5, 0.6) is 11.5 Å². The lowest BCUT2D eigenvalue weighted by atomic mass is 9.97. The number of nitrogens with zero attached hydrogens (tertiary/aromatic N) is 1. The lowest BCUT2D eigenvalue weighted by molar-refractivity contribution is -0.119. The molecule has 0 bridgehead atoms. The maximum absolute atomic E-state index is 14.3. The first-order valence-corrected chi connectivity index (χ1v) is 6.95. The molecule has 0 unspecified atom stereocenters. The van der Waals surface area contributed by atoms with Gasteiger partial charge in [-0.15, -0.1) is 12.4 Å². The van der Waals surface area contributed by atoms with Gasteiger partial charge in [-0.3, -0.25) is 4.90 Å². The molecule has 0 amide bonds. The van der Waals surface area contributed by atoms with E-state index in [9.17, 15) is 8.78 Å². The van der Waals surface area contributed by atoms with Crippen molar-refractivity contribution in [3.05, 3.63) is 23.8 Å². The number of halogens is 3. The molecule has 0 spiro atoms. The molecule has 0 saturated carbocycles. The molecule has 5 nitrogen and oxygen atoms in total. The summed E-state index contributed by atoms with van der Waals surface area (Å²) in [5.74, 6) is -2.42. The van der Waals surface area contributed by atoms with Crippen LogP contribution in [-0.2, 0) is 0 Å². The standard InChI is InChI=1S/C14H18F2N2O3.ClH/c15-14(16,8-19)13(18-6-4-17-5-7-18)10-2-1-3-11-12(10)21-9-20-11;/h1-3,13,17,19H,4-9H2;1H/t13-;/m0./s1. The van der Waals surface area contributed by atoms with E-state index in [0.717, 1.165) is 0 Å². The first kappa shape index (κ1) is 17.2. The zero-order chi connectivity index (χ0) is 14.9. The highest BCUT2D eigenvalue weighted by molar-refractivity contribution is 5.85. The number of rotatable bonds is 4. The molecule has 8 heteroatoms. The normalized spacial score (nSPS) is 19.6. The molecule has 0 aromatic heterocycles. The first-order valence-electron chi connectivity index (χ1n) is 6.95. The molecule has 1 atom stereocenters. The molecule has 22 heavy (non-hydrogen) atoms. The van der Waals surface area contributed by atoms with Crippen LogP contribution in [0.2, 0.25) is 0 Å². The van der Waals surface area contributed by atoms with E-state index in [1.807, 2.05) is 0 Å². The van der Waals surface area contributed by atoms with Crippen molar-refractivity contribution in [2.75, 3.05) is 39.6 Å². The second-order valence-corrected chi connectivity index (χ2v) is 5.19. The molecule has 124 valence electrons. The van der Waals surface area contributed by atoms with Crippen LogP contribution in [0.1, 0.15) is 11.6 Å². The van der Waals surface area contributed by atoms with Crippen molar-refractivity contribution in [3.8, 4) is 11.5 Å². The number of benzene rings is 1. The van der Waals surface area contributed by atoms with Crippen molar-refractivity contribution < 1.29 is 23.4 Å². The van der Waals surface area contributed by atoms with Crippen LogP contribution in [0.4, 0.5) is 8.78 Å². The summed E-state index contributed by atoms with van der Waals surface area (Å²) in [5, 5.41) is 12.3. The molecule has 3 rings (SSSR count). The van der Waals surface area contributed by atoms with E-state index in [4.69, 9.17) is 14.6 Å². The predicted molar refractivity (Wildman–Crippen MR) is 79.0 cm³/mol. The van der Waals surface area contributed by atoms with Crippen molar-refractivity contribution in [2.24, 2.45) is 0 Å². The number of hydrogen-bond donors (Lipinski definition) is 2. The number of fused-ring (bicyclic) bond motifs is 1. The monoisotopic (exact) mass is 336 g/mol. The zero-order valence-electron chi connectivity index (χ0n) is 11.9. The van der Waals surface area contributed by atoms with Gasteiger partial charge in [0, 0.05) is 31.7 Å². The molecule has 2 aliphatic rings. The molecule has 1 fully saturated rings. The van der Waals surface area contributed by atoms with Crippen molar-refractivity contribution in [1.82, 2.24) is 10.2 Å². The van der Waals surface area contributed by atoms with Crippen molar-refractivity contribution in [2.45, 2.75) is 12.0 Å². The number of aliphatic hydroxyl groups is 1. The van der Waals surface area contributed by atoms with Gasteiger partial charge in [0.25, 0.3) is 5.92 Å². The van der Waals surface area contributed by atoms with Crippen molar-refractivity contribution >= 4 is 12.4 Å². The van der Waals surface area contributed by atoms with Gasteiger partial charge in [-0.25, -0.2) is 8.78 Å². The Labute approximate surface area is 133 Å². The number of para-hydroxylation sites is 1. The summed E-state index contributed by atoms with van der Waals surface area (Å²) in [5.41, 5.74) is 0.367. The number of hydrogen-bond acceptors (Lipinski definition) is 5. The second-order valence-electron chi connectivity index (χ2n) is 5.19. The highest BCUT2D eigenvalue weighted by Crippen LogP contribution is 2.45. The highest BCUT2D eigenvalue weighted by Gasteiger charge is 2.46. The second kappa shape index (κ2) is 6.95. The van der Waals surface area contributed by atoms with Gasteiger partial charge in [0.05, 0.1) is 0 Å². The van der Waals surface area contributed by atoms with Gasteiger partial charge in [-0.1, -0.05) is 12.1 Å². The van der Waals surface area contributed by atoms with Gasteiger partial charge in [-0.05, 0) is 6.07 Å². The number of ether oxygens (including phenoxy) is 2. The summed E-state index contributed by atoms with van der Waals surface area (Å²) in [7, 11) is 0. The van der Waals surface area contributed by atoms with E-state index < -0.39 is 18.6 Å². The Morgan fingerprint density at radius 1 is 1.27 bits per heavy atom. The Morgan fingerprint density at radius 2 is 2.00 bits per heavy atom. The quantitative estimate of drug-likeness (QED) is 0.871. The van der Waals surface area contributed by atoms with E-state index in [0.29, 0.717) is 43.2 Å². The molecule has 2 aliphatic heterocycles. The predicted octanol–water partition coefficient (Wildman–Crippen LogP) is 1.41. The maximum atomic E-state index is 14.3. The van der Waals surface area contributed by atoms with E-state index in [2.05, 4.69) is 5.32 Å². The molecule has 0 radical (unpaired) electrons.